The summed E-state index contributed by atoms with van der Waals surface area (Å²) in [5, 5.41) is 0. The van der Waals surface area contributed by atoms with Gasteiger partial charge in [0.25, 0.3) is 0 Å². The minimum absolute atomic E-state index is 0.520. The second kappa shape index (κ2) is 6.12. The Bertz CT molecular complexity index is 331. The first kappa shape index (κ1) is 17.0. The molecule has 0 bridgehead atoms. The average molecular weight is 285 g/mol. The Morgan fingerprint density at radius 2 is 1.20 bits per heavy atom. The Labute approximate surface area is 121 Å². The van der Waals surface area contributed by atoms with Crippen molar-refractivity contribution in [1.82, 2.24) is 4.90 Å². The fraction of sp³-hybridized carbons (Fsp3) is 0.867. The molecule has 0 aromatic carbocycles. The van der Waals surface area contributed by atoms with Crippen LogP contribution in [0, 0.1) is 0 Å². The molecule has 0 amide bonds. The lowest BCUT2D eigenvalue weighted by atomic mass is 10.1. The Kier molecular flexibility index (Phi) is 5.19. The van der Waals surface area contributed by atoms with Crippen molar-refractivity contribution in [3.05, 3.63) is 0 Å². The summed E-state index contributed by atoms with van der Waals surface area (Å²) >= 11 is 0. The monoisotopic (exact) mass is 285 g/mol. The van der Waals surface area contributed by atoms with Gasteiger partial charge in [0.15, 0.2) is 0 Å². The third-order valence-electron chi connectivity index (χ3n) is 2.77. The summed E-state index contributed by atoms with van der Waals surface area (Å²) in [6.45, 7) is 12.2. The first-order valence-corrected chi connectivity index (χ1v) is 7.19. The molecule has 5 heteroatoms. The topological polar surface area (TPSA) is 55.8 Å². The highest BCUT2D eigenvalue weighted by Crippen LogP contribution is 2.19. The second-order valence-electron chi connectivity index (χ2n) is 7.21. The summed E-state index contributed by atoms with van der Waals surface area (Å²) < 4.78 is 10.7. The van der Waals surface area contributed by atoms with Gasteiger partial charge in [0.2, 0.25) is 6.04 Å². The molecule has 1 aliphatic heterocycles. The van der Waals surface area contributed by atoms with Crippen molar-refractivity contribution < 1.29 is 19.1 Å². The highest BCUT2D eigenvalue weighted by Gasteiger charge is 2.40. The summed E-state index contributed by atoms with van der Waals surface area (Å²) in [5.41, 5.74) is -1.23. The van der Waals surface area contributed by atoms with Crippen molar-refractivity contribution in [3.63, 3.8) is 0 Å². The first-order valence-electron chi connectivity index (χ1n) is 7.19. The Hall–Kier alpha value is -1.10. The van der Waals surface area contributed by atoms with Crippen LogP contribution in [-0.4, -0.2) is 47.2 Å². The highest BCUT2D eigenvalue weighted by molar-refractivity contribution is 5.99. The summed E-state index contributed by atoms with van der Waals surface area (Å²) in [4.78, 5) is 26.5. The van der Waals surface area contributed by atoms with E-state index in [-0.39, 0.29) is 0 Å². The maximum absolute atomic E-state index is 12.3. The SMILES string of the molecule is CC(C)(C)OC(=O)C(C(=O)OC(C)(C)C)N1CCCC1. The molecule has 1 heterocycles. The molecule has 0 aromatic rings. The molecule has 1 saturated heterocycles. The van der Waals surface area contributed by atoms with E-state index >= 15 is 0 Å². The molecule has 20 heavy (non-hydrogen) atoms. The molecule has 0 spiro atoms. The molecule has 5 nitrogen and oxygen atoms in total. The van der Waals surface area contributed by atoms with Crippen LogP contribution in [-0.2, 0) is 19.1 Å². The van der Waals surface area contributed by atoms with Crippen LogP contribution in [0.2, 0.25) is 0 Å². The van der Waals surface area contributed by atoms with Crippen LogP contribution in [0.25, 0.3) is 0 Å². The molecule has 0 saturated carbocycles. The fourth-order valence-corrected chi connectivity index (χ4v) is 2.11. The minimum atomic E-state index is -0.948. The van der Waals surface area contributed by atoms with Gasteiger partial charge in [-0.1, -0.05) is 0 Å². The molecular formula is C15H27NO4. The van der Waals surface area contributed by atoms with E-state index in [1.165, 1.54) is 0 Å². The van der Waals surface area contributed by atoms with Gasteiger partial charge in [-0.15, -0.1) is 0 Å². The van der Waals surface area contributed by atoms with Crippen molar-refractivity contribution in [2.45, 2.75) is 71.6 Å². The van der Waals surface area contributed by atoms with Crippen molar-refractivity contribution in [2.75, 3.05) is 13.1 Å². The van der Waals surface area contributed by atoms with Crippen LogP contribution in [0.4, 0.5) is 0 Å². The molecule has 0 atom stereocenters. The maximum Gasteiger partial charge on any atom is 0.335 e. The number of hydrogen-bond acceptors (Lipinski definition) is 5. The lowest BCUT2D eigenvalue weighted by molar-refractivity contribution is -0.175. The molecule has 0 radical (unpaired) electrons. The van der Waals surface area contributed by atoms with E-state index in [1.807, 2.05) is 4.90 Å². The van der Waals surface area contributed by atoms with E-state index < -0.39 is 29.2 Å². The standard InChI is InChI=1S/C15H27NO4/c1-14(2,3)19-12(17)11(16-9-7-8-10-16)13(18)20-15(4,5)6/h11H,7-10H2,1-6H3. The molecule has 0 N–H and O–H groups in total. The number of carbonyl (C=O) groups excluding carboxylic acids is 2. The number of likely N-dealkylation sites (tertiary alicyclic amines) is 1. The lowest BCUT2D eigenvalue weighted by Crippen LogP contribution is -2.50. The quantitative estimate of drug-likeness (QED) is 0.587. The molecular weight excluding hydrogens is 258 g/mol. The van der Waals surface area contributed by atoms with Crippen LogP contribution in [0.3, 0.4) is 0 Å². The molecule has 0 aliphatic carbocycles. The van der Waals surface area contributed by atoms with Crippen LogP contribution in [0.15, 0.2) is 0 Å². The minimum Gasteiger partial charge on any atom is -0.458 e. The van der Waals surface area contributed by atoms with Gasteiger partial charge in [-0.3, -0.25) is 4.90 Å². The smallest absolute Gasteiger partial charge is 0.335 e. The lowest BCUT2D eigenvalue weighted by Gasteiger charge is -2.30. The summed E-state index contributed by atoms with van der Waals surface area (Å²) in [6, 6.07) is -0.948. The van der Waals surface area contributed by atoms with Gasteiger partial charge in [0, 0.05) is 0 Å². The maximum atomic E-state index is 12.3. The zero-order valence-electron chi connectivity index (χ0n) is 13.5. The highest BCUT2D eigenvalue weighted by atomic mass is 16.6. The van der Waals surface area contributed by atoms with Gasteiger partial charge in [0.05, 0.1) is 0 Å². The van der Waals surface area contributed by atoms with Crippen molar-refractivity contribution in [1.29, 1.82) is 0 Å². The molecule has 1 aliphatic rings. The third kappa shape index (κ3) is 5.49. The first-order chi connectivity index (χ1) is 8.99. The van der Waals surface area contributed by atoms with Crippen LogP contribution >= 0.6 is 0 Å². The van der Waals surface area contributed by atoms with Crippen molar-refractivity contribution in [3.8, 4) is 0 Å². The van der Waals surface area contributed by atoms with Gasteiger partial charge in [-0.2, -0.15) is 0 Å². The van der Waals surface area contributed by atoms with Crippen molar-refractivity contribution >= 4 is 11.9 Å². The number of esters is 2. The average Bonchev–Trinajstić information content (AvgIpc) is 2.64. The zero-order chi connectivity index (χ0) is 15.6. The van der Waals surface area contributed by atoms with Gasteiger partial charge in [-0.25, -0.2) is 9.59 Å². The fourth-order valence-electron chi connectivity index (χ4n) is 2.11. The largest absolute Gasteiger partial charge is 0.458 e. The van der Waals surface area contributed by atoms with E-state index in [2.05, 4.69) is 0 Å². The summed E-state index contributed by atoms with van der Waals surface area (Å²) in [5.74, 6) is -1.04. The number of rotatable bonds is 3. The third-order valence-corrected chi connectivity index (χ3v) is 2.77. The van der Waals surface area contributed by atoms with E-state index in [0.29, 0.717) is 0 Å². The van der Waals surface area contributed by atoms with E-state index in [9.17, 15) is 9.59 Å². The van der Waals surface area contributed by atoms with Gasteiger partial charge in [0.1, 0.15) is 11.2 Å². The van der Waals surface area contributed by atoms with E-state index in [0.717, 1.165) is 25.9 Å². The predicted molar refractivity (Wildman–Crippen MR) is 76.3 cm³/mol. The van der Waals surface area contributed by atoms with Crippen LogP contribution in [0.1, 0.15) is 54.4 Å². The van der Waals surface area contributed by atoms with Gasteiger partial charge < -0.3 is 9.47 Å². The Balaban J connectivity index is 2.85. The Morgan fingerprint density at radius 3 is 1.50 bits per heavy atom. The number of carbonyl (C=O) groups is 2. The van der Waals surface area contributed by atoms with Crippen LogP contribution in [0.5, 0.6) is 0 Å². The summed E-state index contributed by atoms with van der Waals surface area (Å²) in [7, 11) is 0. The number of hydrogen-bond donors (Lipinski definition) is 0. The molecule has 0 unspecified atom stereocenters. The van der Waals surface area contributed by atoms with Gasteiger partial charge in [-0.05, 0) is 67.5 Å². The number of ether oxygens (including phenoxy) is 2. The van der Waals surface area contributed by atoms with Crippen LogP contribution < -0.4 is 0 Å². The zero-order valence-corrected chi connectivity index (χ0v) is 13.5. The van der Waals surface area contributed by atoms with E-state index in [1.54, 1.807) is 41.5 Å². The normalized spacial score (nSPS) is 17.4. The molecule has 116 valence electrons. The molecule has 1 rings (SSSR count). The number of nitrogens with zero attached hydrogens (tertiary/aromatic N) is 1. The van der Waals surface area contributed by atoms with Gasteiger partial charge >= 0.3 is 11.9 Å². The molecule has 0 aromatic heterocycles. The molecule has 1 fully saturated rings. The summed E-state index contributed by atoms with van der Waals surface area (Å²) in [6.07, 6.45) is 1.98. The van der Waals surface area contributed by atoms with E-state index in [4.69, 9.17) is 9.47 Å². The predicted octanol–water partition coefficient (Wildman–Crippen LogP) is 2.13. The van der Waals surface area contributed by atoms with Crippen molar-refractivity contribution in [2.24, 2.45) is 0 Å². The Morgan fingerprint density at radius 1 is 0.850 bits per heavy atom. The second-order valence-corrected chi connectivity index (χ2v) is 7.21.